The van der Waals surface area contributed by atoms with E-state index in [1.807, 2.05) is 72.8 Å². The molecule has 3 aromatic rings. The molecule has 3 rings (SSSR count). The van der Waals surface area contributed by atoms with Crippen LogP contribution in [-0.2, 0) is 6.04 Å². The Bertz CT molecular complexity index is 676. The van der Waals surface area contributed by atoms with Crippen LogP contribution in [0.1, 0.15) is 5.56 Å². The summed E-state index contributed by atoms with van der Waals surface area (Å²) in [4.78, 5) is 0. The first-order valence-electron chi connectivity index (χ1n) is 7.36. The van der Waals surface area contributed by atoms with Crippen LogP contribution in [0.15, 0.2) is 89.4 Å². The zero-order valence-electron chi connectivity index (χ0n) is 12.5. The molecule has 0 aromatic heterocycles. The summed E-state index contributed by atoms with van der Waals surface area (Å²) in [7, 11) is -1.53. The third-order valence-electron chi connectivity index (χ3n) is 3.21. The monoisotopic (exact) mass is 383 g/mol. The first-order chi connectivity index (χ1) is 11.3. The second-order valence-electron chi connectivity index (χ2n) is 5.01. The van der Waals surface area contributed by atoms with Gasteiger partial charge < -0.3 is 8.85 Å². The van der Waals surface area contributed by atoms with Gasteiger partial charge in [0.1, 0.15) is 11.5 Å². The van der Waals surface area contributed by atoms with E-state index in [-0.39, 0.29) is 0 Å². The molecule has 0 spiro atoms. The minimum absolute atomic E-state index is 0.766. The molecule has 0 aliphatic heterocycles. The van der Waals surface area contributed by atoms with Gasteiger partial charge in [-0.15, -0.1) is 0 Å². The molecule has 3 aromatic carbocycles. The molecule has 0 amide bonds. The van der Waals surface area contributed by atoms with E-state index in [0.717, 1.165) is 22.0 Å². The average Bonchev–Trinajstić information content (AvgIpc) is 2.59. The predicted molar refractivity (Wildman–Crippen MR) is 97.7 cm³/mol. The maximum Gasteiger partial charge on any atom is 0.537 e. The zero-order chi connectivity index (χ0) is 15.9. The average molecular weight is 384 g/mol. The van der Waals surface area contributed by atoms with Crippen LogP contribution in [0.4, 0.5) is 0 Å². The molecule has 0 N–H and O–H groups in total. The van der Waals surface area contributed by atoms with Gasteiger partial charge in [-0.25, -0.2) is 0 Å². The number of hydrogen-bond donors (Lipinski definition) is 0. The van der Waals surface area contributed by atoms with E-state index < -0.39 is 9.28 Å². The number of benzene rings is 3. The predicted octanol–water partition coefficient (Wildman–Crippen LogP) is 5.18. The molecule has 2 nitrogen and oxygen atoms in total. The Balaban J connectivity index is 1.76. The van der Waals surface area contributed by atoms with Crippen molar-refractivity contribution in [2.24, 2.45) is 0 Å². The lowest BCUT2D eigenvalue weighted by Crippen LogP contribution is -2.33. The van der Waals surface area contributed by atoms with Gasteiger partial charge in [-0.1, -0.05) is 64.5 Å². The molecule has 4 heteroatoms. The molecule has 0 saturated carbocycles. The lowest BCUT2D eigenvalue weighted by molar-refractivity contribution is 0.420. The van der Waals surface area contributed by atoms with Crippen molar-refractivity contribution >= 4 is 25.2 Å². The van der Waals surface area contributed by atoms with E-state index in [0.29, 0.717) is 0 Å². The smallest absolute Gasteiger partial charge is 0.510 e. The largest absolute Gasteiger partial charge is 0.537 e. The molecule has 0 saturated heterocycles. The van der Waals surface area contributed by atoms with Crippen LogP contribution in [0.2, 0.25) is 0 Å². The van der Waals surface area contributed by atoms with E-state index >= 15 is 0 Å². The van der Waals surface area contributed by atoms with Crippen LogP contribution in [0.25, 0.3) is 0 Å². The van der Waals surface area contributed by atoms with Crippen LogP contribution in [-0.4, -0.2) is 9.28 Å². The molecule has 0 heterocycles. The molecule has 0 aliphatic carbocycles. The van der Waals surface area contributed by atoms with Gasteiger partial charge >= 0.3 is 9.28 Å². The van der Waals surface area contributed by atoms with E-state index in [1.54, 1.807) is 0 Å². The summed E-state index contributed by atoms with van der Waals surface area (Å²) in [6, 6.07) is 28.7. The number of rotatable bonds is 6. The summed E-state index contributed by atoms with van der Waals surface area (Å²) in [5, 5.41) is 0. The third-order valence-corrected chi connectivity index (χ3v) is 5.36. The van der Waals surface area contributed by atoms with Crippen LogP contribution in [0.5, 0.6) is 11.5 Å². The number of halogens is 1. The lowest BCUT2D eigenvalue weighted by atomic mass is 10.2. The Morgan fingerprint density at radius 1 is 0.652 bits per heavy atom. The Morgan fingerprint density at radius 3 is 1.61 bits per heavy atom. The van der Waals surface area contributed by atoms with Gasteiger partial charge in [0.2, 0.25) is 0 Å². The maximum atomic E-state index is 6.12. The quantitative estimate of drug-likeness (QED) is 0.546. The first kappa shape index (κ1) is 15.8. The van der Waals surface area contributed by atoms with Crippen molar-refractivity contribution in [1.29, 1.82) is 0 Å². The Labute approximate surface area is 146 Å². The fourth-order valence-electron chi connectivity index (χ4n) is 2.10. The standard InChI is InChI=1S/C19H16BrO2Si/c20-17-13-11-16(12-14-17)15-23(21-18-7-3-1-4-8-18)22-19-9-5-2-6-10-19/h1-14H,15H2. The van der Waals surface area contributed by atoms with Crippen molar-refractivity contribution in [3.05, 3.63) is 95.0 Å². The second kappa shape index (κ2) is 7.99. The van der Waals surface area contributed by atoms with Gasteiger partial charge in [0.15, 0.2) is 0 Å². The highest BCUT2D eigenvalue weighted by Crippen LogP contribution is 2.17. The summed E-state index contributed by atoms with van der Waals surface area (Å²) in [5.74, 6) is 1.68. The van der Waals surface area contributed by atoms with Crippen molar-refractivity contribution in [3.63, 3.8) is 0 Å². The van der Waals surface area contributed by atoms with Gasteiger partial charge in [0.25, 0.3) is 0 Å². The fourth-order valence-corrected chi connectivity index (χ4v) is 3.92. The highest BCUT2D eigenvalue weighted by atomic mass is 79.9. The minimum Gasteiger partial charge on any atom is -0.510 e. The van der Waals surface area contributed by atoms with Crippen LogP contribution in [0, 0.1) is 0 Å². The summed E-state index contributed by atoms with van der Waals surface area (Å²) >= 11 is 3.47. The highest BCUT2D eigenvalue weighted by Gasteiger charge is 2.22. The molecule has 23 heavy (non-hydrogen) atoms. The lowest BCUT2D eigenvalue weighted by Gasteiger charge is -2.17. The van der Waals surface area contributed by atoms with Crippen molar-refractivity contribution < 1.29 is 8.85 Å². The highest BCUT2D eigenvalue weighted by molar-refractivity contribution is 9.10. The molecule has 115 valence electrons. The van der Waals surface area contributed by atoms with Crippen LogP contribution in [0.3, 0.4) is 0 Å². The zero-order valence-corrected chi connectivity index (χ0v) is 15.1. The molecule has 0 aliphatic rings. The van der Waals surface area contributed by atoms with Crippen LogP contribution >= 0.6 is 15.9 Å². The summed E-state index contributed by atoms with van der Waals surface area (Å²) < 4.78 is 13.3. The Hall–Kier alpha value is -2.04. The molecule has 0 bridgehead atoms. The summed E-state index contributed by atoms with van der Waals surface area (Å²) in [6.07, 6.45) is 0. The first-order valence-corrected chi connectivity index (χ1v) is 9.67. The van der Waals surface area contributed by atoms with Crippen molar-refractivity contribution in [2.75, 3.05) is 0 Å². The van der Waals surface area contributed by atoms with Crippen molar-refractivity contribution in [2.45, 2.75) is 6.04 Å². The summed E-state index contributed by atoms with van der Waals surface area (Å²) in [6.45, 7) is 0. The Kier molecular flexibility index (Phi) is 5.50. The normalized spacial score (nSPS) is 10.5. The minimum atomic E-state index is -1.53. The van der Waals surface area contributed by atoms with Gasteiger partial charge in [-0.05, 0) is 42.0 Å². The number of para-hydroxylation sites is 2. The second-order valence-corrected chi connectivity index (χ2v) is 7.43. The molecule has 1 radical (unpaired) electrons. The Morgan fingerprint density at radius 2 is 1.13 bits per heavy atom. The van der Waals surface area contributed by atoms with Crippen molar-refractivity contribution in [3.8, 4) is 11.5 Å². The summed E-state index contributed by atoms with van der Waals surface area (Å²) in [5.41, 5.74) is 1.20. The molecule has 0 unspecified atom stereocenters. The number of hydrogen-bond acceptors (Lipinski definition) is 2. The molecule has 0 atom stereocenters. The maximum absolute atomic E-state index is 6.12. The van der Waals surface area contributed by atoms with Gasteiger partial charge in [-0.3, -0.25) is 0 Å². The van der Waals surface area contributed by atoms with Gasteiger partial charge in [0, 0.05) is 10.5 Å². The van der Waals surface area contributed by atoms with E-state index in [4.69, 9.17) is 8.85 Å². The SMILES string of the molecule is Brc1ccc(C[Si](Oc2ccccc2)Oc2ccccc2)cc1. The molecular formula is C19H16BrO2Si. The van der Waals surface area contributed by atoms with Crippen LogP contribution < -0.4 is 8.85 Å². The van der Waals surface area contributed by atoms with E-state index in [9.17, 15) is 0 Å². The van der Waals surface area contributed by atoms with E-state index in [1.165, 1.54) is 5.56 Å². The van der Waals surface area contributed by atoms with Crippen molar-refractivity contribution in [1.82, 2.24) is 0 Å². The van der Waals surface area contributed by atoms with E-state index in [2.05, 4.69) is 28.1 Å². The molecule has 0 fully saturated rings. The topological polar surface area (TPSA) is 18.5 Å². The third kappa shape index (κ3) is 4.98. The van der Waals surface area contributed by atoms with Gasteiger partial charge in [0.05, 0.1) is 0 Å². The fraction of sp³-hybridized carbons (Fsp3) is 0.0526. The molecular weight excluding hydrogens is 368 g/mol. The van der Waals surface area contributed by atoms with Gasteiger partial charge in [-0.2, -0.15) is 0 Å².